The van der Waals surface area contributed by atoms with E-state index in [1.807, 2.05) is 24.3 Å². The molecule has 2 aromatic carbocycles. The van der Waals surface area contributed by atoms with Crippen LogP contribution in [0.2, 0.25) is 0 Å². The molecule has 0 bridgehead atoms. The molecule has 2 aromatic rings. The van der Waals surface area contributed by atoms with Crippen LogP contribution in [0.15, 0.2) is 42.5 Å². The first-order valence-electron chi connectivity index (χ1n) is 11.2. The lowest BCUT2D eigenvalue weighted by molar-refractivity contribution is -0.384. The van der Waals surface area contributed by atoms with Crippen molar-refractivity contribution in [1.29, 1.82) is 0 Å². The highest BCUT2D eigenvalue weighted by Gasteiger charge is 2.28. The molecular weight excluding hydrogens is 422 g/mol. The quantitative estimate of drug-likeness (QED) is 0.392. The van der Waals surface area contributed by atoms with Gasteiger partial charge in [-0.15, -0.1) is 0 Å². The van der Waals surface area contributed by atoms with Gasteiger partial charge >= 0.3 is 0 Å². The first-order chi connectivity index (χ1) is 15.8. The van der Waals surface area contributed by atoms with E-state index < -0.39 is 4.92 Å². The maximum atomic E-state index is 13.5. The van der Waals surface area contributed by atoms with Crippen molar-refractivity contribution in [3.63, 3.8) is 0 Å². The number of hydrogen-bond acceptors (Lipinski definition) is 7. The Bertz CT molecular complexity index is 1040. The number of anilines is 2. The van der Waals surface area contributed by atoms with Crippen molar-refractivity contribution in [2.24, 2.45) is 0 Å². The third-order valence-electron chi connectivity index (χ3n) is 6.47. The topological polar surface area (TPSA) is 90.2 Å². The van der Waals surface area contributed by atoms with Crippen LogP contribution in [-0.2, 0) is 0 Å². The van der Waals surface area contributed by atoms with Gasteiger partial charge in [0, 0.05) is 75.7 Å². The number of amides is 1. The molecule has 2 saturated heterocycles. The molecule has 1 amide bonds. The van der Waals surface area contributed by atoms with Gasteiger partial charge in [-0.2, -0.15) is 0 Å². The Kier molecular flexibility index (Phi) is 6.60. The van der Waals surface area contributed by atoms with Gasteiger partial charge in [-0.05, 0) is 44.3 Å². The molecule has 9 heteroatoms. The zero-order valence-corrected chi connectivity index (χ0v) is 19.1. The molecule has 0 saturated carbocycles. The van der Waals surface area contributed by atoms with E-state index >= 15 is 0 Å². The van der Waals surface area contributed by atoms with E-state index in [1.165, 1.54) is 12.1 Å². The number of rotatable bonds is 5. The fraction of sp³-hybridized carbons (Fsp3) is 0.417. The predicted molar refractivity (Wildman–Crippen MR) is 127 cm³/mol. The Hall–Kier alpha value is -3.46. The maximum Gasteiger partial charge on any atom is 0.270 e. The van der Waals surface area contributed by atoms with Crippen molar-refractivity contribution in [2.75, 3.05) is 69.2 Å². The third-order valence-corrected chi connectivity index (χ3v) is 6.47. The summed E-state index contributed by atoms with van der Waals surface area (Å²) in [7, 11) is 2.06. The molecule has 0 radical (unpaired) electrons. The second-order valence-electron chi connectivity index (χ2n) is 8.63. The molecule has 0 aromatic heterocycles. The van der Waals surface area contributed by atoms with Crippen LogP contribution in [0, 0.1) is 10.1 Å². The number of Topliss-reactive ketones (excluding diaryl/α,β-unsaturated/α-hetero) is 1. The summed E-state index contributed by atoms with van der Waals surface area (Å²) in [6.07, 6.45) is 0. The first kappa shape index (κ1) is 22.7. The van der Waals surface area contributed by atoms with Crippen LogP contribution in [0.5, 0.6) is 0 Å². The standard InChI is InChI=1S/C24H29N5O4/c1-18(30)19-3-5-20(6-4-19)26-13-15-28(16-14-26)24(31)22-17-21(29(32)33)7-8-23(22)27-11-9-25(2)10-12-27/h3-8,17H,9-16H2,1-2H3. The lowest BCUT2D eigenvalue weighted by atomic mass is 10.1. The van der Waals surface area contributed by atoms with E-state index in [0.29, 0.717) is 37.3 Å². The Morgan fingerprint density at radius 2 is 1.45 bits per heavy atom. The van der Waals surface area contributed by atoms with Crippen molar-refractivity contribution in [1.82, 2.24) is 9.80 Å². The summed E-state index contributed by atoms with van der Waals surface area (Å²) in [6, 6.07) is 12.1. The Morgan fingerprint density at radius 3 is 2.03 bits per heavy atom. The molecule has 2 aliphatic rings. The number of hydrogen-bond donors (Lipinski definition) is 0. The van der Waals surface area contributed by atoms with Gasteiger partial charge in [0.2, 0.25) is 0 Å². The summed E-state index contributed by atoms with van der Waals surface area (Å²) < 4.78 is 0. The average molecular weight is 452 g/mol. The van der Waals surface area contributed by atoms with Crippen LogP contribution in [0.1, 0.15) is 27.6 Å². The molecule has 0 N–H and O–H groups in total. The van der Waals surface area contributed by atoms with E-state index in [0.717, 1.165) is 37.6 Å². The van der Waals surface area contributed by atoms with Crippen molar-refractivity contribution in [3.05, 3.63) is 63.7 Å². The van der Waals surface area contributed by atoms with Crippen LogP contribution in [-0.4, -0.2) is 85.8 Å². The summed E-state index contributed by atoms with van der Waals surface area (Å²) in [6.45, 7) is 7.22. The normalized spacial score (nSPS) is 17.2. The van der Waals surface area contributed by atoms with Crippen molar-refractivity contribution < 1.29 is 14.5 Å². The van der Waals surface area contributed by atoms with Gasteiger partial charge in [0.15, 0.2) is 5.78 Å². The van der Waals surface area contributed by atoms with Gasteiger partial charge < -0.3 is 19.6 Å². The molecule has 174 valence electrons. The zero-order valence-electron chi connectivity index (χ0n) is 19.1. The highest BCUT2D eigenvalue weighted by molar-refractivity contribution is 6.00. The molecule has 0 spiro atoms. The van der Waals surface area contributed by atoms with Gasteiger partial charge in [-0.25, -0.2) is 0 Å². The molecule has 2 aliphatic heterocycles. The van der Waals surface area contributed by atoms with Crippen molar-refractivity contribution in [2.45, 2.75) is 6.92 Å². The fourth-order valence-corrected chi connectivity index (χ4v) is 4.38. The Morgan fingerprint density at radius 1 is 0.848 bits per heavy atom. The zero-order chi connectivity index (χ0) is 23.5. The van der Waals surface area contributed by atoms with Crippen LogP contribution in [0.25, 0.3) is 0 Å². The number of ketones is 1. The van der Waals surface area contributed by atoms with Gasteiger partial charge in [-0.3, -0.25) is 19.7 Å². The number of carbonyl (C=O) groups is 2. The summed E-state index contributed by atoms with van der Waals surface area (Å²) >= 11 is 0. The largest absolute Gasteiger partial charge is 0.368 e. The maximum absolute atomic E-state index is 13.5. The van der Waals surface area contributed by atoms with Crippen molar-refractivity contribution in [3.8, 4) is 0 Å². The first-order valence-corrected chi connectivity index (χ1v) is 11.2. The van der Waals surface area contributed by atoms with Gasteiger partial charge in [0.25, 0.3) is 11.6 Å². The molecule has 9 nitrogen and oxygen atoms in total. The number of likely N-dealkylation sites (N-methyl/N-ethyl adjacent to an activating group) is 1. The number of nitro groups is 1. The molecule has 0 unspecified atom stereocenters. The molecule has 0 aliphatic carbocycles. The molecule has 33 heavy (non-hydrogen) atoms. The number of piperazine rings is 2. The number of benzene rings is 2. The average Bonchev–Trinajstić information content (AvgIpc) is 2.84. The minimum Gasteiger partial charge on any atom is -0.368 e. The number of nitrogens with zero attached hydrogens (tertiary/aromatic N) is 5. The Balaban J connectivity index is 1.50. The monoisotopic (exact) mass is 451 g/mol. The second kappa shape index (κ2) is 9.58. The minimum atomic E-state index is -0.451. The Labute approximate surface area is 193 Å². The smallest absolute Gasteiger partial charge is 0.270 e. The lowest BCUT2D eigenvalue weighted by Gasteiger charge is -2.38. The van der Waals surface area contributed by atoms with Crippen LogP contribution < -0.4 is 9.80 Å². The summed E-state index contributed by atoms with van der Waals surface area (Å²) in [5.74, 6) is -0.135. The highest BCUT2D eigenvalue weighted by Crippen LogP contribution is 2.28. The summed E-state index contributed by atoms with van der Waals surface area (Å²) in [5, 5.41) is 11.4. The van der Waals surface area contributed by atoms with E-state index in [9.17, 15) is 19.7 Å². The summed E-state index contributed by atoms with van der Waals surface area (Å²) in [5.41, 5.74) is 2.78. The molecule has 4 rings (SSSR count). The van der Waals surface area contributed by atoms with E-state index in [1.54, 1.807) is 17.9 Å². The third kappa shape index (κ3) is 4.98. The number of non-ortho nitro benzene ring substituents is 1. The second-order valence-corrected chi connectivity index (χ2v) is 8.63. The van der Waals surface area contributed by atoms with Gasteiger partial charge in [0.1, 0.15) is 0 Å². The fourth-order valence-electron chi connectivity index (χ4n) is 4.38. The van der Waals surface area contributed by atoms with E-state index in [2.05, 4.69) is 21.7 Å². The SMILES string of the molecule is CC(=O)c1ccc(N2CCN(C(=O)c3cc([N+](=O)[O-])ccc3N3CCN(C)CC3)CC2)cc1. The highest BCUT2D eigenvalue weighted by atomic mass is 16.6. The number of nitro benzene ring substituents is 1. The minimum absolute atomic E-state index is 0.0325. The molecular formula is C24H29N5O4. The van der Waals surface area contributed by atoms with Gasteiger partial charge in [0.05, 0.1) is 16.2 Å². The molecule has 2 heterocycles. The van der Waals surface area contributed by atoms with E-state index in [4.69, 9.17) is 0 Å². The summed E-state index contributed by atoms with van der Waals surface area (Å²) in [4.78, 5) is 44.2. The lowest BCUT2D eigenvalue weighted by Crippen LogP contribution is -2.49. The van der Waals surface area contributed by atoms with Crippen LogP contribution in [0.3, 0.4) is 0 Å². The van der Waals surface area contributed by atoms with Crippen LogP contribution in [0.4, 0.5) is 17.1 Å². The molecule has 0 atom stereocenters. The molecule has 2 fully saturated rings. The number of carbonyl (C=O) groups excluding carboxylic acids is 2. The van der Waals surface area contributed by atoms with Gasteiger partial charge in [-0.1, -0.05) is 0 Å². The van der Waals surface area contributed by atoms with Crippen molar-refractivity contribution >= 4 is 28.8 Å². The predicted octanol–water partition coefficient (Wildman–Crippen LogP) is 2.51. The van der Waals surface area contributed by atoms with E-state index in [-0.39, 0.29) is 17.4 Å². The van der Waals surface area contributed by atoms with Crippen LogP contribution >= 0.6 is 0 Å².